The van der Waals surface area contributed by atoms with E-state index in [9.17, 15) is 14.7 Å². The molecule has 1 aliphatic heterocycles. The Labute approximate surface area is 125 Å². The van der Waals surface area contributed by atoms with E-state index >= 15 is 0 Å². The van der Waals surface area contributed by atoms with Crippen molar-refractivity contribution in [1.29, 1.82) is 0 Å². The first-order chi connectivity index (χ1) is 9.98. The van der Waals surface area contributed by atoms with Gasteiger partial charge in [0.15, 0.2) is 0 Å². The molecule has 21 heavy (non-hydrogen) atoms. The van der Waals surface area contributed by atoms with Gasteiger partial charge >= 0.3 is 5.97 Å². The van der Waals surface area contributed by atoms with Gasteiger partial charge in [-0.25, -0.2) is 0 Å². The molecule has 1 saturated heterocycles. The smallest absolute Gasteiger partial charge is 0.311 e. The second-order valence-corrected chi connectivity index (χ2v) is 5.85. The Balaban J connectivity index is 2.18. The normalized spacial score (nSPS) is 22.1. The molecule has 0 saturated carbocycles. The maximum atomic E-state index is 12.5. The van der Waals surface area contributed by atoms with Gasteiger partial charge in [-0.05, 0) is 38.3 Å². The lowest BCUT2D eigenvalue weighted by atomic mass is 9.76. The Hall–Kier alpha value is -1.91. The van der Waals surface area contributed by atoms with Crippen molar-refractivity contribution in [1.82, 2.24) is 9.88 Å². The second kappa shape index (κ2) is 6.24. The number of nitrogens with zero attached hydrogens (tertiary/aromatic N) is 2. The predicted molar refractivity (Wildman–Crippen MR) is 79.1 cm³/mol. The molecule has 1 unspecified atom stereocenters. The molecule has 0 spiro atoms. The molecule has 5 heteroatoms. The van der Waals surface area contributed by atoms with Crippen molar-refractivity contribution in [3.05, 3.63) is 29.6 Å². The van der Waals surface area contributed by atoms with Crippen LogP contribution in [0.1, 0.15) is 48.7 Å². The zero-order valence-electron chi connectivity index (χ0n) is 12.6. The summed E-state index contributed by atoms with van der Waals surface area (Å²) < 4.78 is 0. The Morgan fingerprint density at radius 1 is 1.43 bits per heavy atom. The van der Waals surface area contributed by atoms with Crippen LogP contribution in [0.5, 0.6) is 0 Å². The lowest BCUT2D eigenvalue weighted by molar-refractivity contribution is -0.152. The van der Waals surface area contributed by atoms with Crippen LogP contribution in [0.25, 0.3) is 0 Å². The van der Waals surface area contributed by atoms with E-state index in [1.54, 1.807) is 23.2 Å². The largest absolute Gasteiger partial charge is 0.481 e. The number of likely N-dealkylation sites (tertiary alicyclic amines) is 1. The fourth-order valence-electron chi connectivity index (χ4n) is 3.05. The highest BCUT2D eigenvalue weighted by Gasteiger charge is 2.42. The van der Waals surface area contributed by atoms with Crippen molar-refractivity contribution in [2.75, 3.05) is 13.1 Å². The number of carbonyl (C=O) groups excluding carboxylic acids is 1. The standard InChI is InChI=1S/C16H22N2O3/c1-3-7-16(15(20)21)8-4-9-18(11-16)14(19)13-6-5-12(2)17-10-13/h5-6,10H,3-4,7-9,11H2,1-2H3,(H,20,21). The minimum absolute atomic E-state index is 0.121. The van der Waals surface area contributed by atoms with Gasteiger partial charge in [-0.1, -0.05) is 13.3 Å². The molecular weight excluding hydrogens is 268 g/mol. The van der Waals surface area contributed by atoms with Crippen LogP contribution in [0.4, 0.5) is 0 Å². The van der Waals surface area contributed by atoms with Crippen molar-refractivity contribution in [2.45, 2.75) is 39.5 Å². The van der Waals surface area contributed by atoms with Crippen LogP contribution >= 0.6 is 0 Å². The number of aliphatic carboxylic acids is 1. The van der Waals surface area contributed by atoms with Crippen LogP contribution in [0.15, 0.2) is 18.3 Å². The number of hydrogen-bond acceptors (Lipinski definition) is 3. The summed E-state index contributed by atoms with van der Waals surface area (Å²) >= 11 is 0. The SMILES string of the molecule is CCCC1(C(=O)O)CCCN(C(=O)c2ccc(C)nc2)C1. The van der Waals surface area contributed by atoms with Gasteiger partial charge in [-0.2, -0.15) is 0 Å². The maximum Gasteiger partial charge on any atom is 0.311 e. The number of pyridine rings is 1. The van der Waals surface area contributed by atoms with E-state index in [0.717, 1.165) is 18.5 Å². The van der Waals surface area contributed by atoms with Gasteiger partial charge in [-0.3, -0.25) is 14.6 Å². The van der Waals surface area contributed by atoms with Crippen LogP contribution in [-0.2, 0) is 4.79 Å². The Kier molecular flexibility index (Phi) is 4.60. The summed E-state index contributed by atoms with van der Waals surface area (Å²) in [5, 5.41) is 9.58. The number of aromatic nitrogens is 1. The molecule has 1 aliphatic rings. The summed E-state index contributed by atoms with van der Waals surface area (Å²) in [5.74, 6) is -0.909. The van der Waals surface area contributed by atoms with Crippen molar-refractivity contribution in [2.24, 2.45) is 5.41 Å². The van der Waals surface area contributed by atoms with Gasteiger partial charge in [0, 0.05) is 25.0 Å². The van der Waals surface area contributed by atoms with E-state index in [-0.39, 0.29) is 5.91 Å². The van der Waals surface area contributed by atoms with Crippen molar-refractivity contribution in [3.63, 3.8) is 0 Å². The first-order valence-electron chi connectivity index (χ1n) is 7.44. The molecule has 114 valence electrons. The third-order valence-corrected chi connectivity index (χ3v) is 4.20. The average Bonchev–Trinajstić information content (AvgIpc) is 2.48. The topological polar surface area (TPSA) is 70.5 Å². The first kappa shape index (κ1) is 15.5. The fraction of sp³-hybridized carbons (Fsp3) is 0.562. The number of amides is 1. The summed E-state index contributed by atoms with van der Waals surface area (Å²) in [7, 11) is 0. The molecule has 0 bridgehead atoms. The van der Waals surface area contributed by atoms with E-state index in [2.05, 4.69) is 4.98 Å². The number of aryl methyl sites for hydroxylation is 1. The number of carboxylic acid groups (broad SMARTS) is 1. The molecule has 1 aromatic heterocycles. The minimum atomic E-state index is -0.791. The van der Waals surface area contributed by atoms with Gasteiger partial charge < -0.3 is 10.0 Å². The Bertz CT molecular complexity index is 523. The van der Waals surface area contributed by atoms with E-state index in [1.807, 2.05) is 13.8 Å². The van der Waals surface area contributed by atoms with E-state index < -0.39 is 11.4 Å². The van der Waals surface area contributed by atoms with Crippen LogP contribution in [0.2, 0.25) is 0 Å². The summed E-state index contributed by atoms with van der Waals surface area (Å²) in [5.41, 5.74) is 0.593. The highest BCUT2D eigenvalue weighted by Crippen LogP contribution is 2.35. The molecule has 1 atom stereocenters. The second-order valence-electron chi connectivity index (χ2n) is 5.85. The van der Waals surface area contributed by atoms with Gasteiger partial charge in [0.25, 0.3) is 5.91 Å². The zero-order chi connectivity index (χ0) is 15.5. The molecule has 0 aliphatic carbocycles. The number of rotatable bonds is 4. The van der Waals surface area contributed by atoms with Gasteiger partial charge in [0.1, 0.15) is 0 Å². The minimum Gasteiger partial charge on any atom is -0.481 e. The number of carboxylic acids is 1. The van der Waals surface area contributed by atoms with Crippen LogP contribution in [-0.4, -0.2) is 40.0 Å². The highest BCUT2D eigenvalue weighted by molar-refractivity contribution is 5.94. The van der Waals surface area contributed by atoms with E-state index in [4.69, 9.17) is 0 Å². The van der Waals surface area contributed by atoms with Crippen molar-refractivity contribution < 1.29 is 14.7 Å². The lowest BCUT2D eigenvalue weighted by Crippen LogP contribution is -2.49. The number of hydrogen-bond donors (Lipinski definition) is 1. The van der Waals surface area contributed by atoms with Crippen LogP contribution < -0.4 is 0 Å². The van der Waals surface area contributed by atoms with Gasteiger partial charge in [0.05, 0.1) is 11.0 Å². The highest BCUT2D eigenvalue weighted by atomic mass is 16.4. The molecule has 0 aromatic carbocycles. The maximum absolute atomic E-state index is 12.5. The summed E-state index contributed by atoms with van der Waals surface area (Å²) in [6, 6.07) is 3.55. The Morgan fingerprint density at radius 2 is 2.19 bits per heavy atom. The molecule has 0 radical (unpaired) electrons. The monoisotopic (exact) mass is 290 g/mol. The molecule has 1 amide bonds. The van der Waals surface area contributed by atoms with Crippen LogP contribution in [0, 0.1) is 12.3 Å². The number of carbonyl (C=O) groups is 2. The predicted octanol–water partition coefficient (Wildman–Crippen LogP) is 2.50. The van der Waals surface area contributed by atoms with Gasteiger partial charge in [0.2, 0.25) is 0 Å². The first-order valence-corrected chi connectivity index (χ1v) is 7.44. The van der Waals surface area contributed by atoms with Crippen molar-refractivity contribution in [3.8, 4) is 0 Å². The number of piperidine rings is 1. The van der Waals surface area contributed by atoms with Crippen LogP contribution in [0.3, 0.4) is 0 Å². The summed E-state index contributed by atoms with van der Waals surface area (Å²) in [6.45, 7) is 4.76. The summed E-state index contributed by atoms with van der Waals surface area (Å²) in [4.78, 5) is 30.0. The van der Waals surface area contributed by atoms with E-state index in [0.29, 0.717) is 31.5 Å². The van der Waals surface area contributed by atoms with E-state index in [1.165, 1.54) is 0 Å². The average molecular weight is 290 g/mol. The molecule has 1 aromatic rings. The molecular formula is C16H22N2O3. The molecule has 2 rings (SSSR count). The lowest BCUT2D eigenvalue weighted by Gasteiger charge is -2.40. The Morgan fingerprint density at radius 3 is 2.76 bits per heavy atom. The molecule has 5 nitrogen and oxygen atoms in total. The fourth-order valence-corrected chi connectivity index (χ4v) is 3.05. The molecule has 1 fully saturated rings. The summed E-state index contributed by atoms with van der Waals surface area (Å²) in [6.07, 6.45) is 4.36. The van der Waals surface area contributed by atoms with Gasteiger partial charge in [-0.15, -0.1) is 0 Å². The zero-order valence-corrected chi connectivity index (χ0v) is 12.6. The third kappa shape index (κ3) is 3.23. The van der Waals surface area contributed by atoms with Crippen molar-refractivity contribution >= 4 is 11.9 Å². The quantitative estimate of drug-likeness (QED) is 0.925. The third-order valence-electron chi connectivity index (χ3n) is 4.20. The molecule has 1 N–H and O–H groups in total. The molecule has 2 heterocycles.